The minimum absolute atomic E-state index is 0.147. The second-order valence-electron chi connectivity index (χ2n) is 7.65. The lowest BCUT2D eigenvalue weighted by atomic mass is 10.2. The lowest BCUT2D eigenvalue weighted by Crippen LogP contribution is -2.24. The highest BCUT2D eigenvalue weighted by molar-refractivity contribution is 5.99. The molecule has 2 amide bonds. The van der Waals surface area contributed by atoms with Crippen LogP contribution < -0.4 is 25.7 Å². The van der Waals surface area contributed by atoms with Crippen molar-refractivity contribution in [2.45, 2.75) is 20.3 Å². The molecule has 0 aliphatic carbocycles. The number of amides is 2. The van der Waals surface area contributed by atoms with Gasteiger partial charge in [-0.05, 0) is 25.5 Å². The van der Waals surface area contributed by atoms with Crippen molar-refractivity contribution >= 4 is 17.5 Å². The highest BCUT2D eigenvalue weighted by atomic mass is 16.7. The van der Waals surface area contributed by atoms with Gasteiger partial charge >= 0.3 is 6.03 Å². The van der Waals surface area contributed by atoms with E-state index in [4.69, 9.17) is 9.47 Å². The van der Waals surface area contributed by atoms with Gasteiger partial charge < -0.3 is 14.8 Å². The van der Waals surface area contributed by atoms with Crippen LogP contribution in [-0.2, 0) is 6.42 Å². The molecule has 1 aliphatic rings. The number of hydrogen-bond acceptors (Lipinski definition) is 6. The van der Waals surface area contributed by atoms with Crippen LogP contribution in [0.3, 0.4) is 0 Å². The molecule has 0 saturated carbocycles. The highest BCUT2D eigenvalue weighted by Crippen LogP contribution is 2.34. The first-order valence-electron chi connectivity index (χ1n) is 10.7. The van der Waals surface area contributed by atoms with E-state index in [1.165, 1.54) is 4.68 Å². The summed E-state index contributed by atoms with van der Waals surface area (Å²) in [5, 5.41) is 10.2. The average molecular weight is 458 g/mol. The first kappa shape index (κ1) is 21.3. The van der Waals surface area contributed by atoms with Crippen molar-refractivity contribution in [2.24, 2.45) is 0 Å². The number of hydrogen-bond donors (Lipinski definition) is 3. The molecule has 2 aromatic heterocycles. The fourth-order valence-electron chi connectivity index (χ4n) is 3.75. The van der Waals surface area contributed by atoms with Crippen molar-refractivity contribution in [3.8, 4) is 28.7 Å². The Bertz CT molecular complexity index is 1430. The summed E-state index contributed by atoms with van der Waals surface area (Å²) in [5.74, 6) is 1.73. The van der Waals surface area contributed by atoms with E-state index in [2.05, 4.69) is 25.7 Å². The summed E-state index contributed by atoms with van der Waals surface area (Å²) in [6.45, 7) is 3.82. The zero-order chi connectivity index (χ0) is 23.7. The number of H-pyrrole nitrogens is 1. The van der Waals surface area contributed by atoms with Crippen LogP contribution in [0.2, 0.25) is 0 Å². The summed E-state index contributed by atoms with van der Waals surface area (Å²) in [7, 11) is 0. The predicted molar refractivity (Wildman–Crippen MR) is 127 cm³/mol. The van der Waals surface area contributed by atoms with Crippen LogP contribution in [-0.4, -0.2) is 32.6 Å². The number of urea groups is 1. The fraction of sp³-hybridized carbons (Fsp3) is 0.167. The summed E-state index contributed by atoms with van der Waals surface area (Å²) in [6.07, 6.45) is 0.561. The molecule has 0 radical (unpaired) electrons. The zero-order valence-electron chi connectivity index (χ0n) is 18.6. The molecule has 34 heavy (non-hydrogen) atoms. The summed E-state index contributed by atoms with van der Waals surface area (Å²) < 4.78 is 12.1. The van der Waals surface area contributed by atoms with E-state index in [0.717, 1.165) is 5.56 Å². The number of ether oxygens (including phenoxy) is 2. The number of aromatic nitrogens is 4. The Morgan fingerprint density at radius 1 is 1.09 bits per heavy atom. The molecule has 1 aliphatic heterocycles. The molecule has 10 nitrogen and oxygen atoms in total. The van der Waals surface area contributed by atoms with E-state index in [1.54, 1.807) is 31.2 Å². The van der Waals surface area contributed by atoms with Crippen molar-refractivity contribution in [3.63, 3.8) is 0 Å². The van der Waals surface area contributed by atoms with Gasteiger partial charge in [0.1, 0.15) is 5.82 Å². The number of nitrogens with one attached hydrogen (secondary N) is 3. The highest BCUT2D eigenvalue weighted by Gasteiger charge is 2.18. The molecule has 172 valence electrons. The van der Waals surface area contributed by atoms with Crippen molar-refractivity contribution < 1.29 is 14.3 Å². The summed E-state index contributed by atoms with van der Waals surface area (Å²) in [6, 6.07) is 15.9. The number of benzene rings is 2. The maximum Gasteiger partial charge on any atom is 0.324 e. The molecule has 0 fully saturated rings. The van der Waals surface area contributed by atoms with Crippen LogP contribution in [0.15, 0.2) is 59.4 Å². The molecule has 3 N–H and O–H groups in total. The van der Waals surface area contributed by atoms with Crippen LogP contribution >= 0.6 is 0 Å². The topological polar surface area (TPSA) is 123 Å². The van der Waals surface area contributed by atoms with E-state index < -0.39 is 6.03 Å². The summed E-state index contributed by atoms with van der Waals surface area (Å²) >= 11 is 0. The van der Waals surface area contributed by atoms with E-state index in [0.29, 0.717) is 46.4 Å². The molecule has 0 unspecified atom stereocenters. The van der Waals surface area contributed by atoms with Gasteiger partial charge in [-0.15, -0.1) is 0 Å². The van der Waals surface area contributed by atoms with E-state index in [-0.39, 0.29) is 18.3 Å². The molecule has 0 saturated heterocycles. The minimum atomic E-state index is -0.496. The minimum Gasteiger partial charge on any atom is -0.454 e. The molecular formula is C24H22N6O4. The summed E-state index contributed by atoms with van der Waals surface area (Å²) in [4.78, 5) is 32.7. The number of carbonyl (C=O) groups is 1. The van der Waals surface area contributed by atoms with E-state index in [9.17, 15) is 9.59 Å². The second-order valence-corrected chi connectivity index (χ2v) is 7.65. The third-order valence-corrected chi connectivity index (χ3v) is 5.41. The second kappa shape index (κ2) is 8.74. The first-order valence-corrected chi connectivity index (χ1v) is 10.7. The maximum absolute atomic E-state index is 12.8. The molecule has 5 rings (SSSR count). The Labute approximate surface area is 194 Å². The molecule has 0 bridgehead atoms. The van der Waals surface area contributed by atoms with E-state index >= 15 is 0 Å². The SMILES string of the molecule is CCc1c(C)nc(-n2nc(-c3ccccc3)cc2NC(=O)Nc2ccc3c(c2)OCO3)[nH]c1=O. The first-order chi connectivity index (χ1) is 16.5. The number of fused-ring (bicyclic) bond motifs is 1. The number of carbonyl (C=O) groups excluding carboxylic acids is 1. The number of aromatic amines is 1. The zero-order valence-corrected chi connectivity index (χ0v) is 18.6. The molecule has 4 aromatic rings. The van der Waals surface area contributed by atoms with Crippen LogP contribution in [0.4, 0.5) is 16.3 Å². The van der Waals surface area contributed by atoms with Gasteiger partial charge in [-0.25, -0.2) is 9.78 Å². The normalized spacial score (nSPS) is 11.9. The van der Waals surface area contributed by atoms with Gasteiger partial charge in [0.25, 0.3) is 5.56 Å². The van der Waals surface area contributed by atoms with Gasteiger partial charge in [0.2, 0.25) is 12.7 Å². The summed E-state index contributed by atoms with van der Waals surface area (Å²) in [5.41, 5.74) is 2.97. The maximum atomic E-state index is 12.8. The molecule has 0 spiro atoms. The molecule has 0 atom stereocenters. The number of anilines is 2. The molecular weight excluding hydrogens is 436 g/mol. The fourth-order valence-corrected chi connectivity index (χ4v) is 3.75. The Kier molecular flexibility index (Phi) is 5.46. The lowest BCUT2D eigenvalue weighted by molar-refractivity contribution is 0.174. The largest absolute Gasteiger partial charge is 0.454 e. The molecule has 2 aromatic carbocycles. The lowest BCUT2D eigenvalue weighted by Gasteiger charge is -2.11. The van der Waals surface area contributed by atoms with Gasteiger partial charge in [-0.2, -0.15) is 9.78 Å². The van der Waals surface area contributed by atoms with Crippen molar-refractivity contribution in [2.75, 3.05) is 17.4 Å². The Morgan fingerprint density at radius 2 is 1.88 bits per heavy atom. The monoisotopic (exact) mass is 458 g/mol. The van der Waals surface area contributed by atoms with Gasteiger partial charge in [-0.1, -0.05) is 37.3 Å². The van der Waals surface area contributed by atoms with Crippen molar-refractivity contribution in [1.82, 2.24) is 19.7 Å². The quantitative estimate of drug-likeness (QED) is 0.417. The Balaban J connectivity index is 1.48. The number of rotatable bonds is 5. The number of nitrogens with zero attached hydrogens (tertiary/aromatic N) is 3. The average Bonchev–Trinajstić information content (AvgIpc) is 3.46. The third kappa shape index (κ3) is 4.08. The van der Waals surface area contributed by atoms with E-state index in [1.807, 2.05) is 37.3 Å². The Hall–Kier alpha value is -4.60. The van der Waals surface area contributed by atoms with Gasteiger partial charge in [0, 0.05) is 34.6 Å². The van der Waals surface area contributed by atoms with Gasteiger partial charge in [0.05, 0.1) is 5.69 Å². The van der Waals surface area contributed by atoms with Crippen LogP contribution in [0.5, 0.6) is 11.5 Å². The molecule has 3 heterocycles. The van der Waals surface area contributed by atoms with Gasteiger partial charge in [-0.3, -0.25) is 15.1 Å². The molecule has 10 heteroatoms. The smallest absolute Gasteiger partial charge is 0.324 e. The van der Waals surface area contributed by atoms with Crippen LogP contribution in [0, 0.1) is 6.92 Å². The third-order valence-electron chi connectivity index (χ3n) is 5.41. The van der Waals surface area contributed by atoms with Gasteiger partial charge in [0.15, 0.2) is 11.5 Å². The van der Waals surface area contributed by atoms with Crippen LogP contribution in [0.1, 0.15) is 18.2 Å². The van der Waals surface area contributed by atoms with Crippen LogP contribution in [0.25, 0.3) is 17.2 Å². The Morgan fingerprint density at radius 3 is 2.65 bits per heavy atom. The predicted octanol–water partition coefficient (Wildman–Crippen LogP) is 3.87. The number of aryl methyl sites for hydroxylation is 1. The standard InChI is InChI=1S/C24H22N6O4/c1-3-17-14(2)25-23(28-22(17)31)30-21(12-18(29-30)15-7-5-4-6-8-15)27-24(32)26-16-9-10-19-20(11-16)34-13-33-19/h4-12H,3,13H2,1-2H3,(H,25,28,31)(H2,26,27,32). The van der Waals surface area contributed by atoms with Crippen molar-refractivity contribution in [1.29, 1.82) is 0 Å². The van der Waals surface area contributed by atoms with Crippen molar-refractivity contribution in [3.05, 3.63) is 76.2 Å².